The molecule has 98 valence electrons. The van der Waals surface area contributed by atoms with E-state index in [1.807, 2.05) is 0 Å². The lowest BCUT2D eigenvalue weighted by Crippen LogP contribution is -2.42. The van der Waals surface area contributed by atoms with Gasteiger partial charge in [-0.2, -0.15) is 0 Å². The van der Waals surface area contributed by atoms with Crippen molar-refractivity contribution in [2.75, 3.05) is 19.6 Å². The first-order chi connectivity index (χ1) is 8.38. The van der Waals surface area contributed by atoms with Gasteiger partial charge in [0.25, 0.3) is 0 Å². The zero-order valence-corrected chi connectivity index (χ0v) is 11.8. The largest absolute Gasteiger partial charge is 0.369 e. The second kappa shape index (κ2) is 6.62. The highest BCUT2D eigenvalue weighted by molar-refractivity contribution is 9.11. The van der Waals surface area contributed by atoms with E-state index in [-0.39, 0.29) is 25.4 Å². The summed E-state index contributed by atoms with van der Waals surface area (Å²) >= 11 is 4.54. The fourth-order valence-corrected chi connectivity index (χ4v) is 2.67. The fraction of sp³-hybridized carbons (Fsp3) is 0.300. The van der Waals surface area contributed by atoms with Gasteiger partial charge < -0.3 is 11.5 Å². The summed E-state index contributed by atoms with van der Waals surface area (Å²) < 4.78 is 0.835. The fourth-order valence-electron chi connectivity index (χ4n) is 1.35. The third-order valence-corrected chi connectivity index (χ3v) is 3.64. The molecule has 1 aromatic rings. The van der Waals surface area contributed by atoms with Crippen molar-refractivity contribution in [3.05, 3.63) is 20.8 Å². The van der Waals surface area contributed by atoms with Crippen LogP contribution in [-0.2, 0) is 9.59 Å². The van der Waals surface area contributed by atoms with Gasteiger partial charge in [0.2, 0.25) is 11.8 Å². The molecule has 1 heterocycles. The molecule has 6 nitrogen and oxygen atoms in total. The minimum absolute atomic E-state index is 0.0706. The number of ketones is 1. The number of carbonyl (C=O) groups is 3. The monoisotopic (exact) mass is 333 g/mol. The van der Waals surface area contributed by atoms with E-state index < -0.39 is 11.8 Å². The van der Waals surface area contributed by atoms with Gasteiger partial charge in [-0.15, -0.1) is 11.3 Å². The van der Waals surface area contributed by atoms with Crippen LogP contribution in [0.25, 0.3) is 0 Å². The van der Waals surface area contributed by atoms with E-state index in [4.69, 9.17) is 11.5 Å². The Labute approximate surface area is 116 Å². The first-order valence-corrected chi connectivity index (χ1v) is 6.57. The Morgan fingerprint density at radius 3 is 2.06 bits per heavy atom. The molecule has 4 N–H and O–H groups in total. The summed E-state index contributed by atoms with van der Waals surface area (Å²) in [4.78, 5) is 35.4. The lowest BCUT2D eigenvalue weighted by molar-refractivity contribution is -0.121. The molecule has 0 atom stereocenters. The molecule has 0 unspecified atom stereocenters. The van der Waals surface area contributed by atoms with E-state index in [9.17, 15) is 14.4 Å². The van der Waals surface area contributed by atoms with Gasteiger partial charge in [0.05, 0.1) is 28.3 Å². The third kappa shape index (κ3) is 4.94. The second-order valence-electron chi connectivity index (χ2n) is 3.60. The maximum atomic E-state index is 11.9. The smallest absolute Gasteiger partial charge is 0.231 e. The van der Waals surface area contributed by atoms with Crippen LogP contribution < -0.4 is 11.5 Å². The number of thiophene rings is 1. The van der Waals surface area contributed by atoms with Crippen molar-refractivity contribution in [2.45, 2.75) is 0 Å². The number of nitrogens with two attached hydrogens (primary N) is 2. The van der Waals surface area contributed by atoms with Gasteiger partial charge in [-0.05, 0) is 28.1 Å². The van der Waals surface area contributed by atoms with Crippen LogP contribution in [0.1, 0.15) is 9.67 Å². The van der Waals surface area contributed by atoms with Gasteiger partial charge in [0.15, 0.2) is 5.78 Å². The quantitative estimate of drug-likeness (QED) is 0.683. The van der Waals surface area contributed by atoms with Crippen LogP contribution in [0.4, 0.5) is 0 Å². The summed E-state index contributed by atoms with van der Waals surface area (Å²) in [5.74, 6) is -1.42. The maximum absolute atomic E-state index is 11.9. The molecule has 18 heavy (non-hydrogen) atoms. The molecule has 0 aliphatic heterocycles. The molecular formula is C10H12BrN3O3S. The highest BCUT2D eigenvalue weighted by Crippen LogP contribution is 2.22. The van der Waals surface area contributed by atoms with E-state index in [1.54, 1.807) is 12.1 Å². The highest BCUT2D eigenvalue weighted by atomic mass is 79.9. The van der Waals surface area contributed by atoms with Gasteiger partial charge in [-0.25, -0.2) is 0 Å². The Balaban J connectivity index is 2.67. The van der Waals surface area contributed by atoms with Gasteiger partial charge in [0.1, 0.15) is 0 Å². The van der Waals surface area contributed by atoms with Crippen LogP contribution in [-0.4, -0.2) is 42.1 Å². The predicted octanol–water partition coefficient (Wildman–Crippen LogP) is -0.0341. The molecule has 0 aromatic carbocycles. The van der Waals surface area contributed by atoms with E-state index >= 15 is 0 Å². The molecule has 0 radical (unpaired) electrons. The Hall–Kier alpha value is -1.25. The Morgan fingerprint density at radius 1 is 1.11 bits per heavy atom. The van der Waals surface area contributed by atoms with E-state index in [0.717, 1.165) is 3.79 Å². The molecule has 1 rings (SSSR count). The van der Waals surface area contributed by atoms with Crippen molar-refractivity contribution in [1.29, 1.82) is 0 Å². The van der Waals surface area contributed by atoms with Gasteiger partial charge >= 0.3 is 0 Å². The summed E-state index contributed by atoms with van der Waals surface area (Å²) in [6.45, 7) is -0.429. The van der Waals surface area contributed by atoms with E-state index in [1.165, 1.54) is 16.2 Å². The first kappa shape index (κ1) is 14.8. The molecule has 0 saturated carbocycles. The number of rotatable bonds is 7. The number of hydrogen-bond acceptors (Lipinski definition) is 5. The normalized spacial score (nSPS) is 10.6. The van der Waals surface area contributed by atoms with Crippen LogP contribution in [0.2, 0.25) is 0 Å². The lowest BCUT2D eigenvalue weighted by Gasteiger charge is -2.17. The summed E-state index contributed by atoms with van der Waals surface area (Å²) in [6, 6.07) is 3.42. The summed E-state index contributed by atoms with van der Waals surface area (Å²) in [5.41, 5.74) is 10.1. The van der Waals surface area contributed by atoms with Crippen LogP contribution in [0.3, 0.4) is 0 Å². The van der Waals surface area contributed by atoms with E-state index in [2.05, 4.69) is 15.9 Å². The molecule has 8 heteroatoms. The summed E-state index contributed by atoms with van der Waals surface area (Å²) in [6.07, 6.45) is 0. The van der Waals surface area contributed by atoms with Crippen molar-refractivity contribution in [3.63, 3.8) is 0 Å². The van der Waals surface area contributed by atoms with Gasteiger partial charge in [-0.1, -0.05) is 0 Å². The zero-order chi connectivity index (χ0) is 13.7. The number of halogens is 1. The molecular weight excluding hydrogens is 322 g/mol. The van der Waals surface area contributed by atoms with Crippen molar-refractivity contribution in [3.8, 4) is 0 Å². The molecule has 0 fully saturated rings. The number of carbonyl (C=O) groups excluding carboxylic acids is 3. The van der Waals surface area contributed by atoms with Crippen LogP contribution in [0, 0.1) is 0 Å². The number of primary amides is 2. The predicted molar refractivity (Wildman–Crippen MR) is 71.2 cm³/mol. The third-order valence-electron chi connectivity index (χ3n) is 1.97. The Morgan fingerprint density at radius 2 is 1.67 bits per heavy atom. The van der Waals surface area contributed by atoms with Crippen LogP contribution in [0.15, 0.2) is 15.9 Å². The van der Waals surface area contributed by atoms with Crippen LogP contribution >= 0.6 is 27.3 Å². The number of hydrogen-bond donors (Lipinski definition) is 2. The van der Waals surface area contributed by atoms with Crippen molar-refractivity contribution < 1.29 is 14.4 Å². The molecule has 0 aliphatic rings. The first-order valence-electron chi connectivity index (χ1n) is 4.96. The molecule has 2 amide bonds. The van der Waals surface area contributed by atoms with Gasteiger partial charge in [-0.3, -0.25) is 19.3 Å². The minimum Gasteiger partial charge on any atom is -0.369 e. The second-order valence-corrected chi connectivity index (χ2v) is 6.07. The zero-order valence-electron chi connectivity index (χ0n) is 9.39. The number of amides is 2. The summed E-state index contributed by atoms with van der Waals surface area (Å²) in [5, 5.41) is 0. The minimum atomic E-state index is -0.614. The average Bonchev–Trinajstić information content (AvgIpc) is 2.62. The Bertz CT molecular complexity index is 459. The molecule has 0 aliphatic carbocycles. The molecule has 0 spiro atoms. The van der Waals surface area contributed by atoms with Crippen LogP contribution in [0.5, 0.6) is 0 Å². The van der Waals surface area contributed by atoms with Gasteiger partial charge in [0, 0.05) is 0 Å². The maximum Gasteiger partial charge on any atom is 0.231 e. The highest BCUT2D eigenvalue weighted by Gasteiger charge is 2.17. The SMILES string of the molecule is NC(=O)CN(CC(N)=O)CC(=O)c1ccc(Br)s1. The topological polar surface area (TPSA) is 106 Å². The summed E-state index contributed by atoms with van der Waals surface area (Å²) in [7, 11) is 0. The Kier molecular flexibility index (Phi) is 5.45. The van der Waals surface area contributed by atoms with Crippen molar-refractivity contribution >= 4 is 44.9 Å². The number of Topliss-reactive ketones (excluding diaryl/α,β-unsaturated/α-hetero) is 1. The number of nitrogens with zero attached hydrogens (tertiary/aromatic N) is 1. The van der Waals surface area contributed by atoms with Crippen molar-refractivity contribution in [2.24, 2.45) is 11.5 Å². The lowest BCUT2D eigenvalue weighted by atomic mass is 10.3. The molecule has 1 aromatic heterocycles. The molecule has 0 bridgehead atoms. The average molecular weight is 334 g/mol. The standard InChI is InChI=1S/C10H12BrN3O3S/c11-8-2-1-7(18-8)6(15)3-14(4-9(12)16)5-10(13)17/h1-2H,3-5H2,(H2,12,16)(H2,13,17). The molecule has 0 saturated heterocycles. The van der Waals surface area contributed by atoms with E-state index in [0.29, 0.717) is 4.88 Å². The van der Waals surface area contributed by atoms with Crippen molar-refractivity contribution in [1.82, 2.24) is 4.90 Å².